The first-order chi connectivity index (χ1) is 7.97. The van der Waals surface area contributed by atoms with E-state index in [-0.39, 0.29) is 16.5 Å². The second-order valence-corrected chi connectivity index (χ2v) is 6.47. The number of rotatable bonds is 6. The summed E-state index contributed by atoms with van der Waals surface area (Å²) >= 11 is 1.69. The zero-order valence-corrected chi connectivity index (χ0v) is 11.5. The molecule has 0 bridgehead atoms. The van der Waals surface area contributed by atoms with Gasteiger partial charge in [0.2, 0.25) is 10.0 Å². The molecule has 0 aliphatic heterocycles. The lowest BCUT2D eigenvalue weighted by Crippen LogP contribution is -2.29. The van der Waals surface area contributed by atoms with Crippen molar-refractivity contribution in [3.8, 4) is 0 Å². The van der Waals surface area contributed by atoms with Gasteiger partial charge in [-0.2, -0.15) is 11.8 Å². The van der Waals surface area contributed by atoms with Crippen molar-refractivity contribution in [1.82, 2.24) is 9.71 Å². The van der Waals surface area contributed by atoms with Crippen molar-refractivity contribution >= 4 is 27.5 Å². The minimum absolute atomic E-state index is 0.0383. The zero-order valence-electron chi connectivity index (χ0n) is 9.88. The van der Waals surface area contributed by atoms with Gasteiger partial charge >= 0.3 is 0 Å². The lowest BCUT2D eigenvalue weighted by molar-refractivity contribution is 0.562. The van der Waals surface area contributed by atoms with E-state index in [1.165, 1.54) is 18.5 Å². The van der Waals surface area contributed by atoms with Gasteiger partial charge in [0, 0.05) is 18.9 Å². The highest BCUT2D eigenvalue weighted by molar-refractivity contribution is 7.98. The van der Waals surface area contributed by atoms with Gasteiger partial charge in [0.1, 0.15) is 4.90 Å². The summed E-state index contributed by atoms with van der Waals surface area (Å²) < 4.78 is 26.4. The van der Waals surface area contributed by atoms with Crippen LogP contribution in [-0.2, 0) is 10.0 Å². The van der Waals surface area contributed by atoms with Crippen LogP contribution in [0, 0.1) is 5.92 Å². The molecule has 1 heterocycles. The molecule has 0 aromatic carbocycles. The van der Waals surface area contributed by atoms with Crippen LogP contribution in [0.15, 0.2) is 23.4 Å². The minimum atomic E-state index is -3.55. The minimum Gasteiger partial charge on any atom is -0.398 e. The lowest BCUT2D eigenvalue weighted by atomic mass is 10.2. The van der Waals surface area contributed by atoms with Crippen LogP contribution in [0.5, 0.6) is 0 Å². The summed E-state index contributed by atoms with van der Waals surface area (Å²) in [7, 11) is -3.55. The third-order valence-electron chi connectivity index (χ3n) is 2.18. The molecule has 17 heavy (non-hydrogen) atoms. The van der Waals surface area contributed by atoms with Crippen LogP contribution in [0.3, 0.4) is 0 Å². The summed E-state index contributed by atoms with van der Waals surface area (Å²) in [5.41, 5.74) is 5.82. The van der Waals surface area contributed by atoms with Gasteiger partial charge in [-0.3, -0.25) is 4.98 Å². The van der Waals surface area contributed by atoms with E-state index in [4.69, 9.17) is 5.73 Å². The molecular weight excluding hydrogens is 258 g/mol. The topological polar surface area (TPSA) is 85.1 Å². The molecule has 0 fully saturated rings. The van der Waals surface area contributed by atoms with E-state index < -0.39 is 10.0 Å². The molecule has 96 valence electrons. The SMILES string of the molecule is CSCC(C)CNS(=O)(=O)c1cnccc1N. The van der Waals surface area contributed by atoms with E-state index in [0.29, 0.717) is 6.54 Å². The van der Waals surface area contributed by atoms with Gasteiger partial charge in [-0.15, -0.1) is 0 Å². The molecule has 0 saturated carbocycles. The van der Waals surface area contributed by atoms with Crippen molar-refractivity contribution < 1.29 is 8.42 Å². The largest absolute Gasteiger partial charge is 0.398 e. The zero-order chi connectivity index (χ0) is 12.9. The monoisotopic (exact) mass is 275 g/mol. The van der Waals surface area contributed by atoms with Crippen LogP contribution in [0.2, 0.25) is 0 Å². The predicted octanol–water partition coefficient (Wildman–Crippen LogP) is 0.941. The Morgan fingerprint density at radius 1 is 1.59 bits per heavy atom. The Kier molecular flexibility index (Phi) is 5.23. The molecule has 0 radical (unpaired) electrons. The third-order valence-corrected chi connectivity index (χ3v) is 4.55. The average Bonchev–Trinajstić information content (AvgIpc) is 2.27. The van der Waals surface area contributed by atoms with Gasteiger partial charge in [0.05, 0.1) is 5.69 Å². The number of thioether (sulfide) groups is 1. The Morgan fingerprint density at radius 2 is 2.29 bits per heavy atom. The van der Waals surface area contributed by atoms with E-state index >= 15 is 0 Å². The number of anilines is 1. The van der Waals surface area contributed by atoms with Crippen LogP contribution in [0.25, 0.3) is 0 Å². The summed E-state index contributed by atoms with van der Waals surface area (Å²) in [4.78, 5) is 3.81. The predicted molar refractivity (Wildman–Crippen MR) is 71.4 cm³/mol. The summed E-state index contributed by atoms with van der Waals surface area (Å²) in [5.74, 6) is 1.18. The van der Waals surface area contributed by atoms with E-state index in [9.17, 15) is 8.42 Å². The first kappa shape index (κ1) is 14.3. The molecule has 1 atom stereocenters. The number of sulfonamides is 1. The van der Waals surface area contributed by atoms with E-state index in [0.717, 1.165) is 5.75 Å². The van der Waals surface area contributed by atoms with Crippen LogP contribution in [0.4, 0.5) is 5.69 Å². The van der Waals surface area contributed by atoms with Crippen molar-refractivity contribution in [3.05, 3.63) is 18.5 Å². The Hall–Kier alpha value is -0.790. The quantitative estimate of drug-likeness (QED) is 0.807. The third kappa shape index (κ3) is 4.18. The number of nitrogen functional groups attached to an aromatic ring is 1. The van der Waals surface area contributed by atoms with Crippen molar-refractivity contribution in [2.75, 3.05) is 24.3 Å². The Balaban J connectivity index is 2.73. The van der Waals surface area contributed by atoms with E-state index in [1.54, 1.807) is 11.8 Å². The number of pyridine rings is 1. The van der Waals surface area contributed by atoms with Crippen molar-refractivity contribution in [3.63, 3.8) is 0 Å². The van der Waals surface area contributed by atoms with Gasteiger partial charge in [-0.1, -0.05) is 6.92 Å². The Bertz CT molecular complexity index is 462. The first-order valence-electron chi connectivity index (χ1n) is 5.15. The fraction of sp³-hybridized carbons (Fsp3) is 0.500. The number of nitrogens with one attached hydrogen (secondary N) is 1. The molecule has 0 saturated heterocycles. The molecule has 0 amide bonds. The van der Waals surface area contributed by atoms with Crippen molar-refractivity contribution in [2.45, 2.75) is 11.8 Å². The fourth-order valence-electron chi connectivity index (χ4n) is 1.29. The van der Waals surface area contributed by atoms with Gasteiger partial charge in [0.25, 0.3) is 0 Å². The first-order valence-corrected chi connectivity index (χ1v) is 8.03. The highest BCUT2D eigenvalue weighted by Gasteiger charge is 2.17. The highest BCUT2D eigenvalue weighted by Crippen LogP contribution is 2.15. The van der Waals surface area contributed by atoms with E-state index in [1.807, 2.05) is 13.2 Å². The fourth-order valence-corrected chi connectivity index (χ4v) is 3.21. The van der Waals surface area contributed by atoms with Crippen molar-refractivity contribution in [2.24, 2.45) is 5.92 Å². The second-order valence-electron chi connectivity index (χ2n) is 3.83. The van der Waals surface area contributed by atoms with Gasteiger partial charge in [0.15, 0.2) is 0 Å². The maximum Gasteiger partial charge on any atom is 0.244 e. The maximum atomic E-state index is 11.9. The molecule has 1 rings (SSSR count). The molecular formula is C10H17N3O2S2. The molecule has 0 aliphatic carbocycles. The molecule has 1 unspecified atom stereocenters. The molecule has 1 aromatic rings. The smallest absolute Gasteiger partial charge is 0.244 e. The number of nitrogens with zero attached hydrogens (tertiary/aromatic N) is 1. The second kappa shape index (κ2) is 6.23. The van der Waals surface area contributed by atoms with Gasteiger partial charge in [-0.25, -0.2) is 13.1 Å². The van der Waals surface area contributed by atoms with Crippen LogP contribution >= 0.6 is 11.8 Å². The van der Waals surface area contributed by atoms with Crippen LogP contribution in [0.1, 0.15) is 6.92 Å². The Morgan fingerprint density at radius 3 is 2.88 bits per heavy atom. The molecule has 5 nitrogen and oxygen atoms in total. The summed E-state index contributed by atoms with van der Waals surface area (Å²) in [6.45, 7) is 2.39. The summed E-state index contributed by atoms with van der Waals surface area (Å²) in [6, 6.07) is 1.47. The Labute approximate surface area is 106 Å². The normalized spacial score (nSPS) is 13.5. The number of aromatic nitrogens is 1. The van der Waals surface area contributed by atoms with Crippen molar-refractivity contribution in [1.29, 1.82) is 0 Å². The summed E-state index contributed by atoms with van der Waals surface area (Å²) in [5, 5.41) is 0. The molecule has 1 aromatic heterocycles. The summed E-state index contributed by atoms with van der Waals surface area (Å²) in [6.07, 6.45) is 4.71. The maximum absolute atomic E-state index is 11.9. The molecule has 0 spiro atoms. The highest BCUT2D eigenvalue weighted by atomic mass is 32.2. The molecule has 0 aliphatic rings. The van der Waals surface area contributed by atoms with Gasteiger partial charge in [-0.05, 0) is 24.0 Å². The van der Waals surface area contributed by atoms with E-state index in [2.05, 4.69) is 9.71 Å². The molecule has 3 N–H and O–H groups in total. The number of hydrogen-bond acceptors (Lipinski definition) is 5. The van der Waals surface area contributed by atoms with Crippen LogP contribution in [-0.4, -0.2) is 32.0 Å². The average molecular weight is 275 g/mol. The molecule has 7 heteroatoms. The standard InChI is InChI=1S/C10H17N3O2S2/c1-8(7-16-2)5-13-17(14,15)10-6-12-4-3-9(10)11/h3-4,6,8,13H,5,7H2,1-2H3,(H2,11,12). The van der Waals surface area contributed by atoms with Gasteiger partial charge < -0.3 is 5.73 Å². The lowest BCUT2D eigenvalue weighted by Gasteiger charge is -2.12. The number of nitrogens with two attached hydrogens (primary N) is 1. The van der Waals surface area contributed by atoms with Crippen LogP contribution < -0.4 is 10.5 Å². The number of hydrogen-bond donors (Lipinski definition) is 2.